The second kappa shape index (κ2) is 10.6. The quantitative estimate of drug-likeness (QED) is 0.703. The maximum absolute atomic E-state index is 10.9. The largest absolute Gasteiger partial charge is 0.367 e. The number of rotatable bonds is 6. The van der Waals surface area contributed by atoms with Crippen molar-refractivity contribution >= 4 is 12.0 Å². The summed E-state index contributed by atoms with van der Waals surface area (Å²) in [4.78, 5) is 13.1. The second-order valence-corrected chi connectivity index (χ2v) is 5.52. The summed E-state index contributed by atoms with van der Waals surface area (Å²) >= 11 is 0. The Labute approximate surface area is 134 Å². The average Bonchev–Trinajstić information content (AvgIpc) is 2.56. The third kappa shape index (κ3) is 6.57. The molecule has 0 aliphatic rings. The second-order valence-electron chi connectivity index (χ2n) is 5.52. The summed E-state index contributed by atoms with van der Waals surface area (Å²) in [6.07, 6.45) is 2.26. The summed E-state index contributed by atoms with van der Waals surface area (Å²) in [5, 5.41) is 0. The van der Waals surface area contributed by atoms with Crippen LogP contribution in [-0.2, 0) is 11.3 Å². The summed E-state index contributed by atoms with van der Waals surface area (Å²) in [5.74, 6) is 0.0314. The van der Waals surface area contributed by atoms with Gasteiger partial charge in [-0.25, -0.2) is 0 Å². The van der Waals surface area contributed by atoms with Crippen molar-refractivity contribution < 1.29 is 4.79 Å². The molecule has 2 heteroatoms. The molecular formula is C20H27NO. The first-order chi connectivity index (χ1) is 10.7. The molecule has 0 saturated carbocycles. The number of carbonyl (C=O) groups excluding carboxylic acids is 1. The van der Waals surface area contributed by atoms with Crippen molar-refractivity contribution in [2.75, 3.05) is 11.4 Å². The van der Waals surface area contributed by atoms with E-state index in [2.05, 4.69) is 43.0 Å². The lowest BCUT2D eigenvalue weighted by Gasteiger charge is -2.26. The van der Waals surface area contributed by atoms with Crippen LogP contribution in [0, 0.1) is 5.92 Å². The number of nitrogens with zero attached hydrogens (tertiary/aromatic N) is 1. The highest BCUT2D eigenvalue weighted by molar-refractivity contribution is 5.56. The third-order valence-electron chi connectivity index (χ3n) is 3.08. The molecule has 0 radical (unpaired) electrons. The highest BCUT2D eigenvalue weighted by Gasteiger charge is 2.10. The van der Waals surface area contributed by atoms with E-state index in [1.54, 1.807) is 0 Å². The van der Waals surface area contributed by atoms with Crippen molar-refractivity contribution in [1.29, 1.82) is 0 Å². The molecule has 1 unspecified atom stereocenters. The normalized spacial score (nSPS) is 11.0. The Morgan fingerprint density at radius 3 is 1.95 bits per heavy atom. The van der Waals surface area contributed by atoms with Crippen molar-refractivity contribution in [2.24, 2.45) is 5.92 Å². The monoisotopic (exact) mass is 297 g/mol. The lowest BCUT2D eigenvalue weighted by atomic mass is 10.1. The Morgan fingerprint density at radius 2 is 1.45 bits per heavy atom. The molecule has 0 aliphatic carbocycles. The zero-order valence-electron chi connectivity index (χ0n) is 13.9. The smallest absolute Gasteiger partial charge is 0.124 e. The van der Waals surface area contributed by atoms with Crippen LogP contribution < -0.4 is 4.90 Å². The Balaban J connectivity index is 0.000000745. The van der Waals surface area contributed by atoms with Crippen molar-refractivity contribution in [3.8, 4) is 0 Å². The van der Waals surface area contributed by atoms with Crippen molar-refractivity contribution in [2.45, 2.75) is 33.7 Å². The lowest BCUT2D eigenvalue weighted by Crippen LogP contribution is -2.28. The molecule has 0 saturated heterocycles. The number of carbonyl (C=O) groups is 1. The van der Waals surface area contributed by atoms with E-state index in [0.717, 1.165) is 25.1 Å². The Bertz CT molecular complexity index is 510. The van der Waals surface area contributed by atoms with Crippen LogP contribution in [0.25, 0.3) is 0 Å². The van der Waals surface area contributed by atoms with Gasteiger partial charge in [0.25, 0.3) is 0 Å². The molecule has 1 atom stereocenters. The maximum Gasteiger partial charge on any atom is 0.124 e. The molecule has 22 heavy (non-hydrogen) atoms. The van der Waals surface area contributed by atoms with E-state index in [1.807, 2.05) is 43.3 Å². The average molecular weight is 297 g/mol. The predicted octanol–water partition coefficient (Wildman–Crippen LogP) is 4.94. The number of para-hydroxylation sites is 1. The van der Waals surface area contributed by atoms with E-state index >= 15 is 0 Å². The van der Waals surface area contributed by atoms with Crippen LogP contribution >= 0.6 is 0 Å². The number of hydrogen-bond donors (Lipinski definition) is 0. The molecule has 0 bridgehead atoms. The first kappa shape index (κ1) is 18.0. The van der Waals surface area contributed by atoms with Gasteiger partial charge in [0.1, 0.15) is 6.29 Å². The fourth-order valence-electron chi connectivity index (χ4n) is 2.09. The van der Waals surface area contributed by atoms with Crippen LogP contribution in [0.5, 0.6) is 0 Å². The summed E-state index contributed by atoms with van der Waals surface area (Å²) in [6.45, 7) is 7.76. The number of aldehydes is 1. The lowest BCUT2D eigenvalue weighted by molar-refractivity contribution is -0.110. The first-order valence-corrected chi connectivity index (χ1v) is 8.00. The zero-order valence-corrected chi connectivity index (χ0v) is 13.9. The summed E-state index contributed by atoms with van der Waals surface area (Å²) < 4.78 is 0. The molecule has 2 rings (SSSR count). The molecule has 118 valence electrons. The van der Waals surface area contributed by atoms with Gasteiger partial charge in [0, 0.05) is 24.7 Å². The van der Waals surface area contributed by atoms with E-state index in [9.17, 15) is 4.79 Å². The highest BCUT2D eigenvalue weighted by atomic mass is 16.1. The third-order valence-corrected chi connectivity index (χ3v) is 3.08. The van der Waals surface area contributed by atoms with Crippen LogP contribution in [0.3, 0.4) is 0 Å². The molecule has 2 aromatic carbocycles. The fourth-order valence-corrected chi connectivity index (χ4v) is 2.09. The van der Waals surface area contributed by atoms with Gasteiger partial charge >= 0.3 is 0 Å². The zero-order chi connectivity index (χ0) is 16.2. The standard InChI is InChI=1S/C17H19NO.C3H8/c1-15(14-19)12-18(17-10-6-3-7-11-17)13-16-8-4-2-5-9-16;1-3-2/h2-11,14-15H,12-13H2,1H3;3H2,1-2H3. The predicted molar refractivity (Wildman–Crippen MR) is 95.1 cm³/mol. The van der Waals surface area contributed by atoms with Gasteiger partial charge in [-0.05, 0) is 17.7 Å². The van der Waals surface area contributed by atoms with Crippen LogP contribution in [0.1, 0.15) is 32.8 Å². The molecule has 0 aromatic heterocycles. The number of hydrogen-bond acceptors (Lipinski definition) is 2. The molecule has 2 aromatic rings. The molecule has 0 fully saturated rings. The summed E-state index contributed by atoms with van der Waals surface area (Å²) in [7, 11) is 0. The maximum atomic E-state index is 10.9. The van der Waals surface area contributed by atoms with Gasteiger partial charge < -0.3 is 9.69 Å². The van der Waals surface area contributed by atoms with E-state index < -0.39 is 0 Å². The van der Waals surface area contributed by atoms with Gasteiger partial charge in [-0.2, -0.15) is 0 Å². The fraction of sp³-hybridized carbons (Fsp3) is 0.350. The summed E-state index contributed by atoms with van der Waals surface area (Å²) in [5.41, 5.74) is 2.41. The van der Waals surface area contributed by atoms with E-state index in [-0.39, 0.29) is 5.92 Å². The number of anilines is 1. The molecule has 0 heterocycles. The van der Waals surface area contributed by atoms with Crippen LogP contribution in [-0.4, -0.2) is 12.8 Å². The molecule has 0 spiro atoms. The van der Waals surface area contributed by atoms with Crippen LogP contribution in [0.4, 0.5) is 5.69 Å². The van der Waals surface area contributed by atoms with E-state index in [4.69, 9.17) is 0 Å². The van der Waals surface area contributed by atoms with E-state index in [0.29, 0.717) is 0 Å². The minimum Gasteiger partial charge on any atom is -0.367 e. The van der Waals surface area contributed by atoms with Crippen molar-refractivity contribution in [3.63, 3.8) is 0 Å². The Morgan fingerprint density at radius 1 is 0.955 bits per heavy atom. The molecule has 0 amide bonds. The van der Waals surface area contributed by atoms with Gasteiger partial charge in [0.2, 0.25) is 0 Å². The minimum absolute atomic E-state index is 0.0314. The summed E-state index contributed by atoms with van der Waals surface area (Å²) in [6, 6.07) is 20.6. The Kier molecular flexibility index (Phi) is 8.66. The topological polar surface area (TPSA) is 20.3 Å². The van der Waals surface area contributed by atoms with Crippen LogP contribution in [0.2, 0.25) is 0 Å². The molecular weight excluding hydrogens is 270 g/mol. The van der Waals surface area contributed by atoms with Crippen molar-refractivity contribution in [3.05, 3.63) is 66.2 Å². The highest BCUT2D eigenvalue weighted by Crippen LogP contribution is 2.18. The molecule has 2 nitrogen and oxygen atoms in total. The van der Waals surface area contributed by atoms with Gasteiger partial charge in [0.15, 0.2) is 0 Å². The van der Waals surface area contributed by atoms with Gasteiger partial charge in [0.05, 0.1) is 0 Å². The minimum atomic E-state index is 0.0314. The SMILES string of the molecule is CC(C=O)CN(Cc1ccccc1)c1ccccc1.CCC. The van der Waals surface area contributed by atoms with Crippen molar-refractivity contribution in [1.82, 2.24) is 0 Å². The number of benzene rings is 2. The van der Waals surface area contributed by atoms with Gasteiger partial charge in [-0.15, -0.1) is 0 Å². The van der Waals surface area contributed by atoms with Crippen LogP contribution in [0.15, 0.2) is 60.7 Å². The first-order valence-electron chi connectivity index (χ1n) is 8.00. The molecule has 0 aliphatic heterocycles. The Hall–Kier alpha value is -2.09. The van der Waals surface area contributed by atoms with E-state index in [1.165, 1.54) is 12.0 Å². The molecule has 0 N–H and O–H groups in total. The van der Waals surface area contributed by atoms with Gasteiger partial charge in [-0.1, -0.05) is 75.7 Å². The van der Waals surface area contributed by atoms with Gasteiger partial charge in [-0.3, -0.25) is 0 Å².